The van der Waals surface area contributed by atoms with Crippen molar-refractivity contribution in [3.05, 3.63) is 23.5 Å². The average Bonchev–Trinajstić information content (AvgIpc) is 2.45. The average molecular weight is 296 g/mol. The molecule has 2 aliphatic rings. The van der Waals surface area contributed by atoms with E-state index >= 15 is 0 Å². The Morgan fingerprint density at radius 2 is 2.05 bits per heavy atom. The molecular formula is C15H18ClNO3. The summed E-state index contributed by atoms with van der Waals surface area (Å²) >= 11 is 6.22. The molecule has 2 atom stereocenters. The number of carbonyl (C=O) groups is 1. The number of hydrogen-bond donors (Lipinski definition) is 1. The molecule has 0 aromatic carbocycles. The van der Waals surface area contributed by atoms with Gasteiger partial charge >= 0.3 is 5.97 Å². The lowest BCUT2D eigenvalue weighted by molar-refractivity contribution is -0.143. The Labute approximate surface area is 123 Å². The Morgan fingerprint density at radius 3 is 2.60 bits per heavy atom. The maximum absolute atomic E-state index is 10.9. The van der Waals surface area contributed by atoms with Gasteiger partial charge in [0, 0.05) is 11.5 Å². The summed E-state index contributed by atoms with van der Waals surface area (Å²) in [6, 6.07) is 2.09. The first-order chi connectivity index (χ1) is 9.52. The van der Waals surface area contributed by atoms with E-state index in [1.54, 1.807) is 6.08 Å². The molecule has 1 fully saturated rings. The van der Waals surface area contributed by atoms with Crippen LogP contribution in [0, 0.1) is 23.2 Å². The van der Waals surface area contributed by atoms with Crippen LogP contribution in [0.1, 0.15) is 32.6 Å². The predicted molar refractivity (Wildman–Crippen MR) is 75.1 cm³/mol. The van der Waals surface area contributed by atoms with Gasteiger partial charge in [-0.2, -0.15) is 5.26 Å². The smallest absolute Gasteiger partial charge is 0.306 e. The van der Waals surface area contributed by atoms with Crippen LogP contribution in [0.4, 0.5) is 0 Å². The van der Waals surface area contributed by atoms with Gasteiger partial charge in [0.25, 0.3) is 0 Å². The predicted octanol–water partition coefficient (Wildman–Crippen LogP) is 3.24. The van der Waals surface area contributed by atoms with E-state index in [1.165, 1.54) is 0 Å². The molecule has 108 valence electrons. The lowest BCUT2D eigenvalue weighted by Crippen LogP contribution is -2.28. The van der Waals surface area contributed by atoms with Gasteiger partial charge in [0.2, 0.25) is 0 Å². The largest absolute Gasteiger partial charge is 0.494 e. The van der Waals surface area contributed by atoms with Gasteiger partial charge < -0.3 is 9.84 Å². The number of hydrogen-bond acceptors (Lipinski definition) is 3. The zero-order valence-electron chi connectivity index (χ0n) is 11.4. The van der Waals surface area contributed by atoms with E-state index in [1.807, 2.05) is 13.0 Å². The molecule has 5 heteroatoms. The van der Waals surface area contributed by atoms with Gasteiger partial charge in [0.15, 0.2) is 0 Å². The number of alkyl halides is 1. The van der Waals surface area contributed by atoms with Crippen LogP contribution >= 0.6 is 11.6 Å². The highest BCUT2D eigenvalue weighted by Crippen LogP contribution is 2.34. The van der Waals surface area contributed by atoms with E-state index in [4.69, 9.17) is 26.7 Å². The van der Waals surface area contributed by atoms with Crippen LogP contribution in [0.2, 0.25) is 0 Å². The van der Waals surface area contributed by atoms with E-state index in [2.05, 4.69) is 6.07 Å². The summed E-state index contributed by atoms with van der Waals surface area (Å²) in [6.45, 7) is 1.94. The SMILES string of the molecule is CC1C(OC2CCC(C(=O)O)CC2)=CC=C(C#N)C1Cl. The number of carboxylic acid groups (broad SMARTS) is 1. The molecule has 0 radical (unpaired) electrons. The third-order valence-corrected chi connectivity index (χ3v) is 4.68. The maximum atomic E-state index is 10.9. The summed E-state index contributed by atoms with van der Waals surface area (Å²) in [5.74, 6) is -0.189. The fourth-order valence-electron chi connectivity index (χ4n) is 2.69. The Hall–Kier alpha value is -1.47. The highest BCUT2D eigenvalue weighted by molar-refractivity contribution is 6.23. The van der Waals surface area contributed by atoms with Crippen LogP contribution < -0.4 is 0 Å². The van der Waals surface area contributed by atoms with Crippen molar-refractivity contribution in [3.8, 4) is 6.07 Å². The van der Waals surface area contributed by atoms with Gasteiger partial charge in [-0.05, 0) is 37.8 Å². The Bertz CT molecular complexity index is 484. The second-order valence-corrected chi connectivity index (χ2v) is 5.89. The van der Waals surface area contributed by atoms with Crippen LogP contribution in [0.3, 0.4) is 0 Å². The molecule has 0 aromatic heterocycles. The maximum Gasteiger partial charge on any atom is 0.306 e. The summed E-state index contributed by atoms with van der Waals surface area (Å²) in [6.07, 6.45) is 6.39. The van der Waals surface area contributed by atoms with Gasteiger partial charge in [0.1, 0.15) is 5.76 Å². The number of rotatable bonds is 3. The Morgan fingerprint density at radius 1 is 1.40 bits per heavy atom. The molecule has 2 rings (SSSR count). The minimum atomic E-state index is -0.712. The van der Waals surface area contributed by atoms with E-state index < -0.39 is 5.97 Å². The zero-order valence-corrected chi connectivity index (χ0v) is 12.1. The third-order valence-electron chi connectivity index (χ3n) is 4.07. The Balaban J connectivity index is 1.95. The lowest BCUT2D eigenvalue weighted by Gasteiger charge is -2.31. The van der Waals surface area contributed by atoms with Gasteiger partial charge in [-0.15, -0.1) is 11.6 Å². The molecule has 0 aromatic rings. The first kappa shape index (κ1) is 14.9. The van der Waals surface area contributed by atoms with Crippen molar-refractivity contribution in [3.63, 3.8) is 0 Å². The Kier molecular flexibility index (Phi) is 4.72. The normalized spacial score (nSPS) is 33.6. The molecular weight excluding hydrogens is 278 g/mol. The summed E-state index contributed by atoms with van der Waals surface area (Å²) in [5, 5.41) is 17.6. The number of aliphatic carboxylic acids is 1. The second-order valence-electron chi connectivity index (χ2n) is 5.42. The molecule has 0 saturated heterocycles. The summed E-state index contributed by atoms with van der Waals surface area (Å²) < 4.78 is 5.97. The van der Waals surface area contributed by atoms with Crippen molar-refractivity contribution >= 4 is 17.6 Å². The fourth-order valence-corrected chi connectivity index (χ4v) is 2.94. The molecule has 1 N–H and O–H groups in total. The van der Waals surface area contributed by atoms with E-state index in [-0.39, 0.29) is 23.3 Å². The summed E-state index contributed by atoms with van der Waals surface area (Å²) in [7, 11) is 0. The molecule has 0 heterocycles. The van der Waals surface area contributed by atoms with E-state index in [0.29, 0.717) is 18.4 Å². The number of ether oxygens (including phenoxy) is 1. The lowest BCUT2D eigenvalue weighted by atomic mass is 9.87. The van der Waals surface area contributed by atoms with Crippen molar-refractivity contribution in [2.24, 2.45) is 11.8 Å². The van der Waals surface area contributed by atoms with Crippen LogP contribution in [0.25, 0.3) is 0 Å². The van der Waals surface area contributed by atoms with Gasteiger partial charge in [0.05, 0.1) is 23.5 Å². The molecule has 1 saturated carbocycles. The standard InChI is InChI=1S/C15H18ClNO3/c1-9-13(7-4-11(8-17)14(9)16)20-12-5-2-10(3-6-12)15(18)19/h4,7,9-10,12,14H,2-3,5-6H2,1H3,(H,18,19). The zero-order chi connectivity index (χ0) is 14.7. The number of carboxylic acids is 1. The van der Waals surface area contributed by atoms with Crippen LogP contribution in [-0.4, -0.2) is 22.6 Å². The van der Waals surface area contributed by atoms with Crippen molar-refractivity contribution in [2.45, 2.75) is 44.1 Å². The molecule has 0 aliphatic heterocycles. The minimum Gasteiger partial charge on any atom is -0.494 e. The van der Waals surface area contributed by atoms with Crippen LogP contribution in [0.15, 0.2) is 23.5 Å². The molecule has 2 unspecified atom stereocenters. The van der Waals surface area contributed by atoms with Crippen molar-refractivity contribution in [1.82, 2.24) is 0 Å². The molecule has 20 heavy (non-hydrogen) atoms. The highest BCUT2D eigenvalue weighted by Gasteiger charge is 2.31. The molecule has 2 aliphatic carbocycles. The highest BCUT2D eigenvalue weighted by atomic mass is 35.5. The fraction of sp³-hybridized carbons (Fsp3) is 0.600. The van der Waals surface area contributed by atoms with Crippen molar-refractivity contribution < 1.29 is 14.6 Å². The molecule has 0 amide bonds. The third kappa shape index (κ3) is 3.16. The number of nitriles is 1. The quantitative estimate of drug-likeness (QED) is 0.811. The van der Waals surface area contributed by atoms with Crippen molar-refractivity contribution in [2.75, 3.05) is 0 Å². The van der Waals surface area contributed by atoms with Crippen molar-refractivity contribution in [1.29, 1.82) is 5.26 Å². The van der Waals surface area contributed by atoms with Gasteiger partial charge in [-0.1, -0.05) is 6.92 Å². The second kappa shape index (κ2) is 6.32. The molecule has 0 bridgehead atoms. The number of nitrogens with zero attached hydrogens (tertiary/aromatic N) is 1. The summed E-state index contributed by atoms with van der Waals surface area (Å²) in [4.78, 5) is 10.9. The number of halogens is 1. The van der Waals surface area contributed by atoms with Gasteiger partial charge in [-0.25, -0.2) is 0 Å². The first-order valence-corrected chi connectivity index (χ1v) is 7.32. The topological polar surface area (TPSA) is 70.3 Å². The van der Waals surface area contributed by atoms with Gasteiger partial charge in [-0.3, -0.25) is 4.79 Å². The minimum absolute atomic E-state index is 0.0338. The summed E-state index contributed by atoms with van der Waals surface area (Å²) in [5.41, 5.74) is 0.557. The first-order valence-electron chi connectivity index (χ1n) is 6.88. The molecule has 0 spiro atoms. The number of allylic oxidation sites excluding steroid dienone is 4. The van der Waals surface area contributed by atoms with Crippen LogP contribution in [-0.2, 0) is 9.53 Å². The van der Waals surface area contributed by atoms with Crippen LogP contribution in [0.5, 0.6) is 0 Å². The molecule has 4 nitrogen and oxygen atoms in total. The van der Waals surface area contributed by atoms with E-state index in [9.17, 15) is 4.79 Å². The van der Waals surface area contributed by atoms with E-state index in [0.717, 1.165) is 18.6 Å². The monoisotopic (exact) mass is 295 g/mol.